The van der Waals surface area contributed by atoms with Gasteiger partial charge in [0, 0.05) is 13.0 Å². The van der Waals surface area contributed by atoms with Crippen molar-refractivity contribution in [2.45, 2.75) is 44.2 Å². The van der Waals surface area contributed by atoms with E-state index in [-0.39, 0.29) is 30.3 Å². The van der Waals surface area contributed by atoms with Gasteiger partial charge in [-0.25, -0.2) is 0 Å². The maximum atomic E-state index is 11.8. The summed E-state index contributed by atoms with van der Waals surface area (Å²) >= 11 is 0. The van der Waals surface area contributed by atoms with Crippen LogP contribution in [-0.2, 0) is 22.4 Å². The summed E-state index contributed by atoms with van der Waals surface area (Å²) in [4.78, 5) is 24.9. The van der Waals surface area contributed by atoms with Gasteiger partial charge in [-0.3, -0.25) is 14.5 Å². The van der Waals surface area contributed by atoms with E-state index < -0.39 is 0 Å². The number of hydrogen-bond donors (Lipinski definition) is 2. The normalized spacial score (nSPS) is 18.0. The fourth-order valence-corrected chi connectivity index (χ4v) is 3.99. The number of piperidine rings is 1. The fraction of sp³-hybridized carbons (Fsp3) is 0.348. The van der Waals surface area contributed by atoms with Gasteiger partial charge < -0.3 is 11.5 Å². The minimum absolute atomic E-state index is 0.215. The van der Waals surface area contributed by atoms with E-state index in [2.05, 4.69) is 6.07 Å². The van der Waals surface area contributed by atoms with Crippen LogP contribution in [0.15, 0.2) is 48.5 Å². The molecule has 0 aromatic heterocycles. The average Bonchev–Trinajstić information content (AvgIpc) is 2.72. The second kappa shape index (κ2) is 9.35. The van der Waals surface area contributed by atoms with Gasteiger partial charge in [-0.2, -0.15) is 5.26 Å². The van der Waals surface area contributed by atoms with Gasteiger partial charge in [0.15, 0.2) is 0 Å². The molecule has 2 aromatic carbocycles. The molecule has 0 radical (unpaired) electrons. The molecule has 1 heterocycles. The SMILES string of the molecule is N#C[C@H](Cc1ccc(-c2cccc(CC(N)=O)c2)cc1)N1CCCCC1C(N)=O. The summed E-state index contributed by atoms with van der Waals surface area (Å²) in [6, 6.07) is 17.4. The van der Waals surface area contributed by atoms with E-state index in [1.165, 1.54) is 0 Å². The lowest BCUT2D eigenvalue weighted by Crippen LogP contribution is -2.52. The van der Waals surface area contributed by atoms with Crippen LogP contribution in [0.4, 0.5) is 0 Å². The van der Waals surface area contributed by atoms with Gasteiger partial charge in [0.05, 0.1) is 18.5 Å². The first kappa shape index (κ1) is 20.6. The van der Waals surface area contributed by atoms with Crippen LogP contribution in [0.3, 0.4) is 0 Å². The van der Waals surface area contributed by atoms with Crippen molar-refractivity contribution in [3.63, 3.8) is 0 Å². The third-order valence-corrected chi connectivity index (χ3v) is 5.44. The summed E-state index contributed by atoms with van der Waals surface area (Å²) < 4.78 is 0. The highest BCUT2D eigenvalue weighted by Gasteiger charge is 2.32. The number of carbonyl (C=O) groups excluding carboxylic acids is 2. The van der Waals surface area contributed by atoms with Gasteiger partial charge in [-0.1, -0.05) is 55.0 Å². The third kappa shape index (κ3) is 5.21. The van der Waals surface area contributed by atoms with Crippen LogP contribution < -0.4 is 11.5 Å². The van der Waals surface area contributed by atoms with Crippen LogP contribution in [0.5, 0.6) is 0 Å². The van der Waals surface area contributed by atoms with Crippen molar-refractivity contribution in [1.29, 1.82) is 5.26 Å². The second-order valence-electron chi connectivity index (χ2n) is 7.54. The quantitative estimate of drug-likeness (QED) is 0.754. The molecule has 2 aromatic rings. The number of rotatable bonds is 7. The van der Waals surface area contributed by atoms with Gasteiger partial charge in [0.25, 0.3) is 0 Å². The summed E-state index contributed by atoms with van der Waals surface area (Å²) in [6.07, 6.45) is 3.41. The Morgan fingerprint density at radius 2 is 1.83 bits per heavy atom. The summed E-state index contributed by atoms with van der Waals surface area (Å²) in [5.74, 6) is -0.705. The molecule has 1 aliphatic rings. The largest absolute Gasteiger partial charge is 0.369 e. The Hall–Kier alpha value is -3.17. The molecule has 2 atom stereocenters. The smallest absolute Gasteiger partial charge is 0.234 e. The Morgan fingerprint density at radius 1 is 1.07 bits per heavy atom. The number of benzene rings is 2. The highest BCUT2D eigenvalue weighted by atomic mass is 16.1. The van der Waals surface area contributed by atoms with E-state index in [0.29, 0.717) is 12.8 Å². The molecule has 6 nitrogen and oxygen atoms in total. The predicted octanol–water partition coefficient (Wildman–Crippen LogP) is 2.16. The molecule has 2 amide bonds. The van der Waals surface area contributed by atoms with E-state index >= 15 is 0 Å². The van der Waals surface area contributed by atoms with Gasteiger partial charge in [0.1, 0.15) is 6.04 Å². The summed E-state index contributed by atoms with van der Waals surface area (Å²) in [5, 5.41) is 9.69. The van der Waals surface area contributed by atoms with E-state index in [1.807, 2.05) is 53.4 Å². The molecule has 3 rings (SSSR count). The molecule has 1 fully saturated rings. The van der Waals surface area contributed by atoms with Crippen molar-refractivity contribution in [1.82, 2.24) is 4.90 Å². The number of nitrogens with zero attached hydrogens (tertiary/aromatic N) is 2. The second-order valence-corrected chi connectivity index (χ2v) is 7.54. The van der Waals surface area contributed by atoms with Gasteiger partial charge in [0.2, 0.25) is 11.8 Å². The maximum absolute atomic E-state index is 11.8. The lowest BCUT2D eigenvalue weighted by Gasteiger charge is -2.36. The number of likely N-dealkylation sites (tertiary alicyclic amines) is 1. The van der Waals surface area contributed by atoms with Crippen LogP contribution in [-0.4, -0.2) is 35.3 Å². The van der Waals surface area contributed by atoms with Gasteiger partial charge in [-0.15, -0.1) is 0 Å². The van der Waals surface area contributed by atoms with E-state index in [4.69, 9.17) is 11.5 Å². The molecule has 1 saturated heterocycles. The number of amides is 2. The standard InChI is InChI=1S/C23H26N4O2/c24-15-20(27-11-2-1-6-21(27)23(26)29)13-16-7-9-18(10-8-16)19-5-3-4-17(12-19)14-22(25)28/h3-5,7-10,12,20-21H,1-2,6,11,13-14H2,(H2,25,28)(H2,26,29)/t20-,21?/m0/s1. The van der Waals surface area contributed by atoms with Gasteiger partial charge >= 0.3 is 0 Å². The maximum Gasteiger partial charge on any atom is 0.234 e. The minimum Gasteiger partial charge on any atom is -0.369 e. The first-order valence-corrected chi connectivity index (χ1v) is 9.89. The Bertz CT molecular complexity index is 917. The Labute approximate surface area is 171 Å². The van der Waals surface area contributed by atoms with Crippen LogP contribution in [0.1, 0.15) is 30.4 Å². The van der Waals surface area contributed by atoms with Crippen molar-refractivity contribution < 1.29 is 9.59 Å². The van der Waals surface area contributed by atoms with E-state index in [0.717, 1.165) is 41.6 Å². The number of nitriles is 1. The minimum atomic E-state index is -0.377. The van der Waals surface area contributed by atoms with Crippen LogP contribution in [0, 0.1) is 11.3 Å². The third-order valence-electron chi connectivity index (χ3n) is 5.44. The average molecular weight is 390 g/mol. The van der Waals surface area contributed by atoms with Crippen molar-refractivity contribution in [2.24, 2.45) is 11.5 Å². The zero-order valence-corrected chi connectivity index (χ0v) is 16.4. The van der Waals surface area contributed by atoms with Crippen LogP contribution in [0.2, 0.25) is 0 Å². The lowest BCUT2D eigenvalue weighted by molar-refractivity contribution is -0.125. The van der Waals surface area contributed by atoms with E-state index in [9.17, 15) is 14.9 Å². The highest BCUT2D eigenvalue weighted by molar-refractivity contribution is 5.80. The first-order chi connectivity index (χ1) is 14.0. The number of hydrogen-bond acceptors (Lipinski definition) is 4. The molecule has 1 aliphatic heterocycles. The lowest BCUT2D eigenvalue weighted by atomic mass is 9.95. The van der Waals surface area contributed by atoms with E-state index in [1.54, 1.807) is 0 Å². The molecule has 0 spiro atoms. The van der Waals surface area contributed by atoms with Gasteiger partial charge in [-0.05, 0) is 35.1 Å². The Kier molecular flexibility index (Phi) is 6.63. The molecular weight excluding hydrogens is 364 g/mol. The monoisotopic (exact) mass is 390 g/mol. The topological polar surface area (TPSA) is 113 Å². The molecule has 0 aliphatic carbocycles. The Balaban J connectivity index is 1.73. The zero-order valence-electron chi connectivity index (χ0n) is 16.4. The number of nitrogens with two attached hydrogens (primary N) is 2. The molecule has 4 N–H and O–H groups in total. The predicted molar refractivity (Wildman–Crippen MR) is 111 cm³/mol. The highest BCUT2D eigenvalue weighted by Crippen LogP contribution is 2.24. The van der Waals surface area contributed by atoms with Crippen molar-refractivity contribution in [3.8, 4) is 17.2 Å². The number of primary amides is 2. The molecule has 0 bridgehead atoms. The Morgan fingerprint density at radius 3 is 2.48 bits per heavy atom. The van der Waals surface area contributed by atoms with Crippen LogP contribution in [0.25, 0.3) is 11.1 Å². The fourth-order valence-electron chi connectivity index (χ4n) is 3.99. The van der Waals surface area contributed by atoms with Crippen molar-refractivity contribution >= 4 is 11.8 Å². The molecule has 1 unspecified atom stereocenters. The molecule has 0 saturated carbocycles. The number of carbonyl (C=O) groups is 2. The molecule has 29 heavy (non-hydrogen) atoms. The first-order valence-electron chi connectivity index (χ1n) is 9.89. The molecule has 150 valence electrons. The molecule has 6 heteroatoms. The summed E-state index contributed by atoms with van der Waals surface area (Å²) in [7, 11) is 0. The summed E-state index contributed by atoms with van der Waals surface area (Å²) in [6.45, 7) is 0.719. The van der Waals surface area contributed by atoms with Crippen LogP contribution >= 0.6 is 0 Å². The van der Waals surface area contributed by atoms with Crippen molar-refractivity contribution in [2.75, 3.05) is 6.54 Å². The zero-order chi connectivity index (χ0) is 20.8. The molecular formula is C23H26N4O2. The van der Waals surface area contributed by atoms with Crippen molar-refractivity contribution in [3.05, 3.63) is 59.7 Å². The summed E-state index contributed by atoms with van der Waals surface area (Å²) in [5.41, 5.74) is 14.8.